The zero-order valence-corrected chi connectivity index (χ0v) is 17.5. The van der Waals surface area contributed by atoms with Crippen LogP contribution in [0.15, 0.2) is 53.9 Å². The van der Waals surface area contributed by atoms with Gasteiger partial charge in [-0.25, -0.2) is 9.37 Å². The lowest BCUT2D eigenvalue weighted by molar-refractivity contribution is 0.0937. The summed E-state index contributed by atoms with van der Waals surface area (Å²) >= 11 is 1.38. The lowest BCUT2D eigenvalue weighted by Gasteiger charge is -2.25. The molecule has 0 saturated heterocycles. The molecule has 7 heteroatoms. The van der Waals surface area contributed by atoms with Crippen LogP contribution in [0.1, 0.15) is 32.7 Å². The molecule has 1 N–H and O–H groups in total. The van der Waals surface area contributed by atoms with E-state index in [-0.39, 0.29) is 17.8 Å². The first-order chi connectivity index (χ1) is 13.9. The Labute approximate surface area is 174 Å². The Kier molecular flexibility index (Phi) is 6.95. The van der Waals surface area contributed by atoms with E-state index < -0.39 is 0 Å². The molecule has 29 heavy (non-hydrogen) atoms. The van der Waals surface area contributed by atoms with Crippen molar-refractivity contribution in [3.8, 4) is 5.75 Å². The highest BCUT2D eigenvalue weighted by atomic mass is 32.1. The molecular formula is C22H24FN3O2S. The average Bonchev–Trinajstić information content (AvgIpc) is 3.16. The Balaban J connectivity index is 1.57. The Morgan fingerprint density at radius 1 is 1.24 bits per heavy atom. The fraction of sp³-hybridized carbons (Fsp3) is 0.273. The second-order valence-corrected chi connectivity index (χ2v) is 7.92. The molecule has 0 aliphatic rings. The van der Waals surface area contributed by atoms with Gasteiger partial charge in [-0.1, -0.05) is 29.8 Å². The number of carbonyl (C=O) groups is 1. The molecular weight excluding hydrogens is 389 g/mol. The normalized spacial score (nSPS) is 12.0. The van der Waals surface area contributed by atoms with Crippen molar-refractivity contribution in [2.45, 2.75) is 19.6 Å². The number of nitrogens with zero attached hydrogens (tertiary/aromatic N) is 2. The first kappa shape index (κ1) is 21.0. The summed E-state index contributed by atoms with van der Waals surface area (Å²) in [7, 11) is 3.79. The second-order valence-electron chi connectivity index (χ2n) is 6.97. The number of halogens is 1. The Morgan fingerprint density at radius 2 is 2.00 bits per heavy atom. The SMILES string of the molecule is Cc1ccc(OCc2nc(C(=O)NCC(c3cccc(F)c3)N(C)C)cs2)cc1. The van der Waals surface area contributed by atoms with Gasteiger partial charge >= 0.3 is 0 Å². The van der Waals surface area contributed by atoms with Crippen molar-refractivity contribution in [3.63, 3.8) is 0 Å². The number of thiazole rings is 1. The van der Waals surface area contributed by atoms with Crippen LogP contribution in [0, 0.1) is 12.7 Å². The fourth-order valence-corrected chi connectivity index (χ4v) is 3.54. The van der Waals surface area contributed by atoms with Crippen molar-refractivity contribution in [2.24, 2.45) is 0 Å². The maximum absolute atomic E-state index is 13.5. The van der Waals surface area contributed by atoms with Crippen LogP contribution in [-0.4, -0.2) is 36.4 Å². The zero-order valence-electron chi connectivity index (χ0n) is 16.7. The van der Waals surface area contributed by atoms with Crippen LogP contribution in [0.5, 0.6) is 5.75 Å². The molecule has 0 fully saturated rings. The van der Waals surface area contributed by atoms with Gasteiger partial charge in [0.05, 0.1) is 6.04 Å². The van der Waals surface area contributed by atoms with Gasteiger partial charge in [-0.3, -0.25) is 4.79 Å². The number of hydrogen-bond donors (Lipinski definition) is 1. The van der Waals surface area contributed by atoms with Gasteiger partial charge in [0.15, 0.2) is 0 Å². The topological polar surface area (TPSA) is 54.5 Å². The number of aryl methyl sites for hydroxylation is 1. The molecule has 1 atom stereocenters. The quantitative estimate of drug-likeness (QED) is 0.601. The average molecular weight is 414 g/mol. The number of amides is 1. The number of rotatable bonds is 8. The molecule has 1 heterocycles. The van der Waals surface area contributed by atoms with Crippen molar-refractivity contribution >= 4 is 17.2 Å². The molecule has 0 aliphatic heterocycles. The summed E-state index contributed by atoms with van der Waals surface area (Å²) < 4.78 is 19.3. The third kappa shape index (κ3) is 5.85. The molecule has 2 aromatic carbocycles. The second kappa shape index (κ2) is 9.62. The van der Waals surface area contributed by atoms with E-state index in [0.29, 0.717) is 18.8 Å². The number of ether oxygens (including phenoxy) is 1. The summed E-state index contributed by atoms with van der Waals surface area (Å²) in [6.45, 7) is 2.68. The van der Waals surface area contributed by atoms with E-state index >= 15 is 0 Å². The summed E-state index contributed by atoms with van der Waals surface area (Å²) in [5.41, 5.74) is 2.33. The van der Waals surface area contributed by atoms with Crippen molar-refractivity contribution in [2.75, 3.05) is 20.6 Å². The minimum Gasteiger partial charge on any atom is -0.486 e. The monoisotopic (exact) mass is 413 g/mol. The number of likely N-dealkylation sites (N-methyl/N-ethyl adjacent to an activating group) is 1. The van der Waals surface area contributed by atoms with Gasteiger partial charge in [0, 0.05) is 11.9 Å². The number of hydrogen-bond acceptors (Lipinski definition) is 5. The van der Waals surface area contributed by atoms with Crippen molar-refractivity contribution < 1.29 is 13.9 Å². The smallest absolute Gasteiger partial charge is 0.270 e. The van der Waals surface area contributed by atoms with Crippen LogP contribution in [0.25, 0.3) is 0 Å². The molecule has 5 nitrogen and oxygen atoms in total. The predicted molar refractivity (Wildman–Crippen MR) is 113 cm³/mol. The van der Waals surface area contributed by atoms with Crippen molar-refractivity contribution in [1.29, 1.82) is 0 Å². The lowest BCUT2D eigenvalue weighted by atomic mass is 10.1. The summed E-state index contributed by atoms with van der Waals surface area (Å²) in [6, 6.07) is 14.1. The minimum absolute atomic E-state index is 0.141. The largest absolute Gasteiger partial charge is 0.486 e. The van der Waals surface area contributed by atoms with E-state index in [4.69, 9.17) is 4.74 Å². The third-order valence-corrected chi connectivity index (χ3v) is 5.30. The highest BCUT2D eigenvalue weighted by Gasteiger charge is 2.18. The zero-order chi connectivity index (χ0) is 20.8. The van der Waals surface area contributed by atoms with Gasteiger partial charge in [-0.15, -0.1) is 11.3 Å². The predicted octanol–water partition coefficient (Wildman–Crippen LogP) is 4.20. The summed E-state index contributed by atoms with van der Waals surface area (Å²) in [6.07, 6.45) is 0. The highest BCUT2D eigenvalue weighted by Crippen LogP contribution is 2.19. The molecule has 1 amide bonds. The van der Waals surface area contributed by atoms with Gasteiger partial charge in [-0.05, 0) is 50.8 Å². The summed E-state index contributed by atoms with van der Waals surface area (Å²) in [5.74, 6) is 0.213. The van der Waals surface area contributed by atoms with Crippen molar-refractivity contribution in [3.05, 3.63) is 81.6 Å². The van der Waals surface area contributed by atoms with E-state index in [2.05, 4.69) is 10.3 Å². The van der Waals surface area contributed by atoms with E-state index in [1.807, 2.05) is 56.3 Å². The Hall–Kier alpha value is -2.77. The summed E-state index contributed by atoms with van der Waals surface area (Å²) in [5, 5.41) is 5.34. The van der Waals surface area contributed by atoms with Crippen LogP contribution in [0.3, 0.4) is 0 Å². The van der Waals surface area contributed by atoms with Gasteiger partial charge in [0.1, 0.15) is 28.9 Å². The molecule has 0 spiro atoms. The molecule has 0 saturated carbocycles. The third-order valence-electron chi connectivity index (χ3n) is 4.48. The molecule has 3 rings (SSSR count). The van der Waals surface area contributed by atoms with E-state index in [9.17, 15) is 9.18 Å². The number of benzene rings is 2. The summed E-state index contributed by atoms with van der Waals surface area (Å²) in [4.78, 5) is 18.8. The molecule has 3 aromatic rings. The number of aromatic nitrogens is 1. The van der Waals surface area contributed by atoms with Crippen molar-refractivity contribution in [1.82, 2.24) is 15.2 Å². The van der Waals surface area contributed by atoms with Crippen LogP contribution in [0.2, 0.25) is 0 Å². The maximum Gasteiger partial charge on any atom is 0.270 e. The van der Waals surface area contributed by atoms with E-state index in [0.717, 1.165) is 16.3 Å². The van der Waals surface area contributed by atoms with E-state index in [1.54, 1.807) is 11.4 Å². The Bertz CT molecular complexity index is 957. The minimum atomic E-state index is -0.293. The highest BCUT2D eigenvalue weighted by molar-refractivity contribution is 7.09. The molecule has 0 bridgehead atoms. The van der Waals surface area contributed by atoms with Crippen LogP contribution >= 0.6 is 11.3 Å². The maximum atomic E-state index is 13.5. The molecule has 0 radical (unpaired) electrons. The fourth-order valence-electron chi connectivity index (χ4n) is 2.85. The molecule has 0 aliphatic carbocycles. The lowest BCUT2D eigenvalue weighted by Crippen LogP contribution is -2.34. The van der Waals surface area contributed by atoms with Gasteiger partial charge in [0.25, 0.3) is 5.91 Å². The van der Waals surface area contributed by atoms with Gasteiger partial charge in [0.2, 0.25) is 0 Å². The molecule has 1 unspecified atom stereocenters. The van der Waals surface area contributed by atoms with E-state index in [1.165, 1.54) is 29.0 Å². The van der Waals surface area contributed by atoms with Crippen LogP contribution in [0.4, 0.5) is 4.39 Å². The molecule has 1 aromatic heterocycles. The molecule has 152 valence electrons. The van der Waals surface area contributed by atoms with Crippen LogP contribution in [-0.2, 0) is 6.61 Å². The first-order valence-corrected chi connectivity index (χ1v) is 10.1. The van der Waals surface area contributed by atoms with Crippen LogP contribution < -0.4 is 10.1 Å². The van der Waals surface area contributed by atoms with Gasteiger partial charge in [-0.2, -0.15) is 0 Å². The number of carbonyl (C=O) groups excluding carboxylic acids is 1. The first-order valence-electron chi connectivity index (χ1n) is 9.26. The van der Waals surface area contributed by atoms with Gasteiger partial charge < -0.3 is 15.0 Å². The Morgan fingerprint density at radius 3 is 2.69 bits per heavy atom. The number of nitrogens with one attached hydrogen (secondary N) is 1. The standard InChI is InChI=1S/C22H24FN3O2S/c1-15-7-9-18(10-8-15)28-13-21-25-19(14-29-21)22(27)24-12-20(26(2)3)16-5-4-6-17(23)11-16/h4-11,14,20H,12-13H2,1-3H3,(H,24,27).